The Balaban J connectivity index is 1.59. The van der Waals surface area contributed by atoms with Crippen LogP contribution in [0.25, 0.3) is 0 Å². The lowest BCUT2D eigenvalue weighted by Gasteiger charge is -2.51. The Morgan fingerprint density at radius 2 is 1.60 bits per heavy atom. The van der Waals surface area contributed by atoms with Gasteiger partial charge in [-0.1, -0.05) is 97.3 Å². The molecule has 1 unspecified atom stereocenters. The predicted molar refractivity (Wildman–Crippen MR) is 173 cm³/mol. The van der Waals surface area contributed by atoms with Crippen LogP contribution in [0.15, 0.2) is 34.9 Å². The molecule has 8 heteroatoms. The van der Waals surface area contributed by atoms with Crippen molar-refractivity contribution in [1.82, 2.24) is 0 Å². The molecule has 0 aromatic rings. The summed E-state index contributed by atoms with van der Waals surface area (Å²) in [5, 5.41) is 47.8. The summed E-state index contributed by atoms with van der Waals surface area (Å²) in [5.74, 6) is -2.23. The molecule has 0 saturated heterocycles. The first-order valence-electron chi connectivity index (χ1n) is 17.4. The quantitative estimate of drug-likeness (QED) is 0.0830. The fraction of sp³-hybridized carbons (Fsp3) is 0.784. The lowest BCUT2D eigenvalue weighted by Crippen LogP contribution is -2.66. The second-order valence-corrected chi connectivity index (χ2v) is 15.0. The number of unbranched alkanes of at least 4 members (excludes halogenated alkanes) is 8. The van der Waals surface area contributed by atoms with Gasteiger partial charge in [0.15, 0.2) is 0 Å². The number of aliphatic hydroxyl groups excluding tert-OH is 3. The van der Waals surface area contributed by atoms with Crippen molar-refractivity contribution in [2.45, 2.75) is 149 Å². The Hall–Kier alpha value is -2.00. The molecule has 0 aromatic carbocycles. The second-order valence-electron chi connectivity index (χ2n) is 15.0. The highest BCUT2D eigenvalue weighted by atomic mass is 16.6. The third-order valence-electron chi connectivity index (χ3n) is 12.0. The predicted octanol–water partition coefficient (Wildman–Crippen LogP) is 5.71. The number of carbonyl (C=O) groups excluding carboxylic acids is 2. The SMILES string of the molecule is C/C=C(/C)C(=O)OCC1=C[C@@H]2C(O)[C@]3(C=C(C)[C@H](O)[C@@]3(O)[C@@H]1O)[C@H](C)C[C@]1(OC(=O)CCCCCCCCCCC)[C@H]2C1(C)C. The Kier molecular flexibility index (Phi) is 10.8. The summed E-state index contributed by atoms with van der Waals surface area (Å²) in [7, 11) is 0. The zero-order chi connectivity index (χ0) is 33.4. The zero-order valence-electron chi connectivity index (χ0n) is 28.6. The number of fused-ring (bicyclic) bond motifs is 3. The van der Waals surface area contributed by atoms with Crippen LogP contribution in [0, 0.1) is 28.6 Å². The van der Waals surface area contributed by atoms with E-state index in [0.29, 0.717) is 24.0 Å². The van der Waals surface area contributed by atoms with Crippen LogP contribution < -0.4 is 0 Å². The average molecular weight is 631 g/mol. The van der Waals surface area contributed by atoms with Crippen LogP contribution in [0.1, 0.15) is 119 Å². The van der Waals surface area contributed by atoms with E-state index in [0.717, 1.165) is 19.3 Å². The molecule has 9 atom stereocenters. The molecule has 2 saturated carbocycles. The lowest BCUT2D eigenvalue weighted by molar-refractivity contribution is -0.217. The lowest BCUT2D eigenvalue weighted by atomic mass is 9.58. The van der Waals surface area contributed by atoms with E-state index in [1.54, 1.807) is 39.0 Å². The number of allylic oxidation sites excluding steroid dienone is 1. The van der Waals surface area contributed by atoms with Gasteiger partial charge in [0.1, 0.15) is 30.0 Å². The van der Waals surface area contributed by atoms with E-state index in [1.807, 2.05) is 20.8 Å². The van der Waals surface area contributed by atoms with Gasteiger partial charge in [0.2, 0.25) is 0 Å². The smallest absolute Gasteiger partial charge is 0.333 e. The first-order chi connectivity index (χ1) is 21.2. The van der Waals surface area contributed by atoms with Gasteiger partial charge in [-0.25, -0.2) is 4.79 Å². The van der Waals surface area contributed by atoms with Crippen molar-refractivity contribution in [2.75, 3.05) is 6.61 Å². The summed E-state index contributed by atoms with van der Waals surface area (Å²) in [6.45, 7) is 12.9. The van der Waals surface area contributed by atoms with Gasteiger partial charge in [0, 0.05) is 29.2 Å². The van der Waals surface area contributed by atoms with Crippen LogP contribution in [-0.2, 0) is 19.1 Å². The van der Waals surface area contributed by atoms with Gasteiger partial charge < -0.3 is 29.9 Å². The molecule has 45 heavy (non-hydrogen) atoms. The van der Waals surface area contributed by atoms with E-state index in [2.05, 4.69) is 6.92 Å². The summed E-state index contributed by atoms with van der Waals surface area (Å²) in [6.07, 6.45) is 11.9. The van der Waals surface area contributed by atoms with Crippen molar-refractivity contribution in [3.63, 3.8) is 0 Å². The topological polar surface area (TPSA) is 134 Å². The minimum atomic E-state index is -2.18. The minimum absolute atomic E-state index is 0.217. The first-order valence-corrected chi connectivity index (χ1v) is 17.4. The second kappa shape index (κ2) is 13.6. The van der Waals surface area contributed by atoms with E-state index in [-0.39, 0.29) is 24.1 Å². The van der Waals surface area contributed by atoms with E-state index in [9.17, 15) is 30.0 Å². The van der Waals surface area contributed by atoms with E-state index in [4.69, 9.17) is 9.47 Å². The van der Waals surface area contributed by atoms with Crippen molar-refractivity contribution in [2.24, 2.45) is 28.6 Å². The molecule has 4 rings (SSSR count). The molecule has 4 N–H and O–H groups in total. The molecule has 0 amide bonds. The van der Waals surface area contributed by atoms with Crippen LogP contribution in [0.5, 0.6) is 0 Å². The first kappa shape index (κ1) is 35.8. The van der Waals surface area contributed by atoms with Crippen molar-refractivity contribution in [1.29, 1.82) is 0 Å². The number of carbonyl (C=O) groups is 2. The Bertz CT molecular complexity index is 1200. The Labute approximate surface area is 270 Å². The van der Waals surface area contributed by atoms with Crippen LogP contribution in [-0.4, -0.2) is 68.5 Å². The number of rotatable bonds is 14. The highest BCUT2D eigenvalue weighted by Crippen LogP contribution is 2.76. The standard InChI is InChI=1S/C37H58O8/c1-8-10-11-12-13-14-15-16-17-18-28(38)45-36-21-25(5)35-20-24(4)30(39)37(35,43)31(40)26(22-44-33(42)23(3)9-2)19-27(32(35)41)29(36)34(36,6)7/h9,19-20,25,27,29-32,39-41,43H,8,10-18,21-22H2,1-7H3/b23-9-/t25-,27+,29-,30+,31-,32?,35+,36+,37-/m1/s1. The normalized spacial score (nSPS) is 38.2. The van der Waals surface area contributed by atoms with Crippen molar-refractivity contribution in [3.8, 4) is 0 Å². The Morgan fingerprint density at radius 3 is 2.20 bits per heavy atom. The van der Waals surface area contributed by atoms with Gasteiger partial charge in [0.25, 0.3) is 0 Å². The van der Waals surface area contributed by atoms with Crippen molar-refractivity contribution in [3.05, 3.63) is 34.9 Å². The molecule has 4 aliphatic rings. The van der Waals surface area contributed by atoms with Gasteiger partial charge in [0.05, 0.1) is 11.5 Å². The van der Waals surface area contributed by atoms with Crippen LogP contribution in [0.2, 0.25) is 0 Å². The summed E-state index contributed by atoms with van der Waals surface area (Å²) < 4.78 is 12.0. The molecule has 0 aliphatic heterocycles. The molecule has 0 heterocycles. The molecule has 0 aromatic heterocycles. The largest absolute Gasteiger partial charge is 0.458 e. The Morgan fingerprint density at radius 1 is 1.00 bits per heavy atom. The molecule has 4 aliphatic carbocycles. The minimum Gasteiger partial charge on any atom is -0.458 e. The maximum Gasteiger partial charge on any atom is 0.333 e. The molecule has 8 nitrogen and oxygen atoms in total. The van der Waals surface area contributed by atoms with Gasteiger partial charge in [-0.3, -0.25) is 4.79 Å². The van der Waals surface area contributed by atoms with Crippen molar-refractivity contribution < 1.29 is 39.5 Å². The molecule has 0 radical (unpaired) electrons. The number of aliphatic hydroxyl groups is 4. The summed E-state index contributed by atoms with van der Waals surface area (Å²) in [6, 6.07) is 0. The van der Waals surface area contributed by atoms with Crippen LogP contribution in [0.4, 0.5) is 0 Å². The molecule has 254 valence electrons. The number of hydrogen-bond acceptors (Lipinski definition) is 8. The average Bonchev–Trinajstić information content (AvgIpc) is 3.41. The van der Waals surface area contributed by atoms with Crippen LogP contribution in [0.3, 0.4) is 0 Å². The van der Waals surface area contributed by atoms with Gasteiger partial charge in [-0.2, -0.15) is 0 Å². The maximum atomic E-state index is 13.4. The maximum absolute atomic E-state index is 13.4. The third-order valence-corrected chi connectivity index (χ3v) is 12.0. The monoisotopic (exact) mass is 630 g/mol. The van der Waals surface area contributed by atoms with Gasteiger partial charge >= 0.3 is 11.9 Å². The van der Waals surface area contributed by atoms with Crippen molar-refractivity contribution >= 4 is 11.9 Å². The summed E-state index contributed by atoms with van der Waals surface area (Å²) in [5.41, 5.74) is -3.92. The van der Waals surface area contributed by atoms with Gasteiger partial charge in [-0.05, 0) is 50.7 Å². The molecule has 1 spiro atoms. The highest BCUT2D eigenvalue weighted by molar-refractivity contribution is 5.87. The number of ether oxygens (including phenoxy) is 2. The number of esters is 2. The summed E-state index contributed by atoms with van der Waals surface area (Å²) >= 11 is 0. The molecular weight excluding hydrogens is 572 g/mol. The van der Waals surface area contributed by atoms with Crippen LogP contribution >= 0.6 is 0 Å². The molecule has 2 fully saturated rings. The highest BCUT2D eigenvalue weighted by Gasteiger charge is 2.82. The third kappa shape index (κ3) is 5.87. The fourth-order valence-electron chi connectivity index (χ4n) is 9.24. The molecule has 2 bridgehead atoms. The summed E-state index contributed by atoms with van der Waals surface area (Å²) in [4.78, 5) is 25.9. The number of hydrogen-bond donors (Lipinski definition) is 4. The van der Waals surface area contributed by atoms with Gasteiger partial charge in [-0.15, -0.1) is 0 Å². The molecular formula is C37H58O8. The van der Waals surface area contributed by atoms with E-state index < -0.39 is 58.1 Å². The zero-order valence-corrected chi connectivity index (χ0v) is 28.6. The fourth-order valence-corrected chi connectivity index (χ4v) is 9.24. The van der Waals surface area contributed by atoms with E-state index >= 15 is 0 Å². The van der Waals surface area contributed by atoms with E-state index in [1.165, 1.54) is 38.5 Å².